The molecule has 1 unspecified atom stereocenters. The molecule has 6 nitrogen and oxygen atoms in total. The molecule has 0 aliphatic heterocycles. The van der Waals surface area contributed by atoms with Gasteiger partial charge >= 0.3 is 12.1 Å². The van der Waals surface area contributed by atoms with Crippen molar-refractivity contribution in [3.05, 3.63) is 29.6 Å². The minimum Gasteiger partial charge on any atom is -0.465 e. The van der Waals surface area contributed by atoms with E-state index < -0.39 is 39.5 Å². The number of pyridine rings is 1. The Bertz CT molecular complexity index is 599. The highest BCUT2D eigenvalue weighted by atomic mass is 32.2. The van der Waals surface area contributed by atoms with Gasteiger partial charge in [0.2, 0.25) is 0 Å². The Kier molecular flexibility index (Phi) is 4.71. The van der Waals surface area contributed by atoms with E-state index in [4.69, 9.17) is 0 Å². The number of esters is 1. The maximum atomic E-state index is 12.9. The molecule has 1 atom stereocenters. The quantitative estimate of drug-likeness (QED) is 0.618. The summed E-state index contributed by atoms with van der Waals surface area (Å²) in [7, 11) is -3.42. The Hall–Kier alpha value is -1.68. The number of hydrogen-bond donors (Lipinski definition) is 0. The summed E-state index contributed by atoms with van der Waals surface area (Å²) >= 11 is 0. The van der Waals surface area contributed by atoms with Crippen LogP contribution < -0.4 is 0 Å². The van der Waals surface area contributed by atoms with E-state index in [0.29, 0.717) is 6.26 Å². The number of rotatable bonds is 4. The molecule has 0 aliphatic rings. The van der Waals surface area contributed by atoms with Gasteiger partial charge in [-0.3, -0.25) is 9.17 Å². The Morgan fingerprint density at radius 1 is 1.40 bits per heavy atom. The molecule has 1 rings (SSSR count). The van der Waals surface area contributed by atoms with Crippen molar-refractivity contribution in [1.82, 2.24) is 4.98 Å². The smallest absolute Gasteiger partial charge is 0.420 e. The van der Waals surface area contributed by atoms with Crippen LogP contribution in [0.4, 0.5) is 13.2 Å². The number of alkyl halides is 3. The van der Waals surface area contributed by atoms with Crippen molar-refractivity contribution in [2.45, 2.75) is 12.3 Å². The zero-order valence-electron chi connectivity index (χ0n) is 10.3. The topological polar surface area (TPSA) is 82.6 Å². The van der Waals surface area contributed by atoms with Gasteiger partial charge < -0.3 is 4.74 Å². The third-order valence-electron chi connectivity index (χ3n) is 2.11. The van der Waals surface area contributed by atoms with Crippen molar-refractivity contribution in [1.29, 1.82) is 0 Å². The molecular formula is C10H10F3NO5S. The fraction of sp³-hybridized carbons (Fsp3) is 0.400. The summed E-state index contributed by atoms with van der Waals surface area (Å²) in [5.41, 5.74) is -1.22. The van der Waals surface area contributed by atoms with E-state index in [9.17, 15) is 26.4 Å². The molecule has 0 bridgehead atoms. The predicted octanol–water partition coefficient (Wildman–Crippen LogP) is 1.45. The lowest BCUT2D eigenvalue weighted by Crippen LogP contribution is -2.27. The number of hydrogen-bond acceptors (Lipinski definition) is 6. The van der Waals surface area contributed by atoms with Gasteiger partial charge in [-0.1, -0.05) is 0 Å². The van der Waals surface area contributed by atoms with E-state index in [1.807, 2.05) is 0 Å². The Morgan fingerprint density at radius 2 is 2.00 bits per heavy atom. The first-order valence-corrected chi connectivity index (χ1v) is 6.85. The second-order valence-corrected chi connectivity index (χ2v) is 5.28. The largest absolute Gasteiger partial charge is 0.465 e. The van der Waals surface area contributed by atoms with Crippen molar-refractivity contribution < 1.29 is 35.3 Å². The normalized spacial score (nSPS) is 13.8. The summed E-state index contributed by atoms with van der Waals surface area (Å²) in [5, 5.41) is 0. The SMILES string of the molecule is COC(=O)c1cnccc1C(OS(C)(=O)=O)C(F)(F)F. The molecule has 0 N–H and O–H groups in total. The fourth-order valence-electron chi connectivity index (χ4n) is 1.37. The fourth-order valence-corrected chi connectivity index (χ4v) is 1.93. The van der Waals surface area contributed by atoms with Gasteiger partial charge in [0.05, 0.1) is 18.9 Å². The number of aromatic nitrogens is 1. The van der Waals surface area contributed by atoms with Crippen LogP contribution in [0.15, 0.2) is 18.5 Å². The van der Waals surface area contributed by atoms with E-state index in [1.54, 1.807) is 0 Å². The molecule has 0 aliphatic carbocycles. The van der Waals surface area contributed by atoms with Crippen LogP contribution in [-0.4, -0.2) is 38.9 Å². The lowest BCUT2D eigenvalue weighted by Gasteiger charge is -2.21. The monoisotopic (exact) mass is 313 g/mol. The summed E-state index contributed by atoms with van der Waals surface area (Å²) in [6.07, 6.45) is -5.55. The summed E-state index contributed by atoms with van der Waals surface area (Å²) in [6, 6.07) is 0.843. The van der Waals surface area contributed by atoms with Crippen LogP contribution in [0.2, 0.25) is 0 Å². The molecule has 1 aromatic heterocycles. The zero-order chi connectivity index (χ0) is 15.6. The van der Waals surface area contributed by atoms with Crippen molar-refractivity contribution in [2.24, 2.45) is 0 Å². The zero-order valence-corrected chi connectivity index (χ0v) is 11.2. The number of carbonyl (C=O) groups excluding carboxylic acids is 1. The van der Waals surface area contributed by atoms with Crippen molar-refractivity contribution >= 4 is 16.1 Å². The molecule has 0 spiro atoms. The second-order valence-electron chi connectivity index (χ2n) is 3.68. The molecule has 0 fully saturated rings. The van der Waals surface area contributed by atoms with Gasteiger partial charge in [0, 0.05) is 18.0 Å². The lowest BCUT2D eigenvalue weighted by atomic mass is 10.0. The minimum absolute atomic E-state index is 0.477. The lowest BCUT2D eigenvalue weighted by molar-refractivity contribution is -0.196. The van der Waals surface area contributed by atoms with Crippen LogP contribution in [0.25, 0.3) is 0 Å². The minimum atomic E-state index is -5.03. The van der Waals surface area contributed by atoms with Gasteiger partial charge in [0.15, 0.2) is 6.10 Å². The first-order chi connectivity index (χ1) is 9.06. The molecule has 1 heterocycles. The Morgan fingerprint density at radius 3 is 2.45 bits per heavy atom. The first kappa shape index (κ1) is 16.4. The van der Waals surface area contributed by atoms with E-state index >= 15 is 0 Å². The van der Waals surface area contributed by atoms with Gasteiger partial charge in [-0.15, -0.1) is 0 Å². The van der Waals surface area contributed by atoms with Crippen molar-refractivity contribution in [2.75, 3.05) is 13.4 Å². The molecule has 0 saturated heterocycles. The third kappa shape index (κ3) is 4.17. The summed E-state index contributed by atoms with van der Waals surface area (Å²) in [4.78, 5) is 14.9. The molecule has 0 amide bonds. The van der Waals surface area contributed by atoms with E-state index in [0.717, 1.165) is 25.6 Å². The van der Waals surface area contributed by atoms with Crippen LogP contribution in [0.5, 0.6) is 0 Å². The van der Waals surface area contributed by atoms with E-state index in [-0.39, 0.29) is 0 Å². The third-order valence-corrected chi connectivity index (χ3v) is 2.65. The standard InChI is InChI=1S/C10H10F3NO5S/c1-18-9(15)7-5-14-4-3-6(7)8(10(11,12)13)19-20(2,16)17/h3-5,8H,1-2H3. The maximum absolute atomic E-state index is 12.9. The molecule has 0 aromatic carbocycles. The number of halogens is 3. The molecule has 112 valence electrons. The number of ether oxygens (including phenoxy) is 1. The molecule has 0 radical (unpaired) electrons. The van der Waals surface area contributed by atoms with E-state index in [1.165, 1.54) is 0 Å². The van der Waals surface area contributed by atoms with Crippen LogP contribution in [0.3, 0.4) is 0 Å². The van der Waals surface area contributed by atoms with Gasteiger partial charge in [-0.25, -0.2) is 4.79 Å². The van der Waals surface area contributed by atoms with Crippen LogP contribution >= 0.6 is 0 Å². The van der Waals surface area contributed by atoms with Gasteiger partial charge in [-0.05, 0) is 6.07 Å². The average molecular weight is 313 g/mol. The number of methoxy groups -OCH3 is 1. The highest BCUT2D eigenvalue weighted by molar-refractivity contribution is 7.86. The van der Waals surface area contributed by atoms with Crippen molar-refractivity contribution in [3.8, 4) is 0 Å². The Balaban J connectivity index is 3.39. The van der Waals surface area contributed by atoms with Crippen molar-refractivity contribution in [3.63, 3.8) is 0 Å². The van der Waals surface area contributed by atoms with Gasteiger partial charge in [0.25, 0.3) is 10.1 Å². The summed E-state index contributed by atoms with van der Waals surface area (Å²) < 4.78 is 69.0. The molecule has 1 aromatic rings. The van der Waals surface area contributed by atoms with Gasteiger partial charge in [-0.2, -0.15) is 21.6 Å². The second kappa shape index (κ2) is 5.75. The Labute approximate surface area is 112 Å². The average Bonchev–Trinajstić information content (AvgIpc) is 2.33. The number of nitrogens with zero attached hydrogens (tertiary/aromatic N) is 1. The predicted molar refractivity (Wildman–Crippen MR) is 60.3 cm³/mol. The highest BCUT2D eigenvalue weighted by Crippen LogP contribution is 2.38. The maximum Gasteiger partial charge on any atom is 0.420 e. The molecular weight excluding hydrogens is 303 g/mol. The molecule has 0 saturated carbocycles. The summed E-state index contributed by atoms with van der Waals surface area (Å²) in [6.45, 7) is 0. The van der Waals surface area contributed by atoms with Gasteiger partial charge in [0.1, 0.15) is 0 Å². The van der Waals surface area contributed by atoms with Crippen LogP contribution in [-0.2, 0) is 19.0 Å². The molecule has 20 heavy (non-hydrogen) atoms. The van der Waals surface area contributed by atoms with Crippen LogP contribution in [0.1, 0.15) is 22.0 Å². The summed E-state index contributed by atoms with van der Waals surface area (Å²) in [5.74, 6) is -1.08. The van der Waals surface area contributed by atoms with Crippen LogP contribution in [0, 0.1) is 0 Å². The number of carbonyl (C=O) groups is 1. The van der Waals surface area contributed by atoms with E-state index in [2.05, 4.69) is 13.9 Å². The highest BCUT2D eigenvalue weighted by Gasteiger charge is 2.46. The molecule has 10 heteroatoms. The first-order valence-electron chi connectivity index (χ1n) is 5.03.